The molecule has 1 aromatic heterocycles. The highest BCUT2D eigenvalue weighted by molar-refractivity contribution is 7.13. The Bertz CT molecular complexity index is 802. The molecule has 1 unspecified atom stereocenters. The van der Waals surface area contributed by atoms with Crippen LogP contribution in [0.1, 0.15) is 33.2 Å². The summed E-state index contributed by atoms with van der Waals surface area (Å²) < 4.78 is 24.6. The number of halogens is 1. The molecule has 9 heteroatoms. The molecule has 1 aromatic carbocycles. The monoisotopic (exact) mass is 406 g/mol. The number of rotatable bonds is 5. The molecule has 0 radical (unpaired) electrons. The summed E-state index contributed by atoms with van der Waals surface area (Å²) in [6.07, 6.45) is 2.03. The van der Waals surface area contributed by atoms with E-state index < -0.39 is 0 Å². The molecule has 1 N–H and O–H groups in total. The Morgan fingerprint density at radius 3 is 2.93 bits per heavy atom. The summed E-state index contributed by atoms with van der Waals surface area (Å²) >= 11 is 1.30. The zero-order valence-electron chi connectivity index (χ0n) is 15.5. The van der Waals surface area contributed by atoms with E-state index >= 15 is 0 Å². The number of nitrogens with one attached hydrogen (secondary N) is 1. The predicted molar refractivity (Wildman–Crippen MR) is 101 cm³/mol. The van der Waals surface area contributed by atoms with E-state index in [-0.39, 0.29) is 17.3 Å². The van der Waals surface area contributed by atoms with Crippen molar-refractivity contribution in [2.75, 3.05) is 32.9 Å². The predicted octanol–water partition coefficient (Wildman–Crippen LogP) is 1.99. The van der Waals surface area contributed by atoms with Gasteiger partial charge in [-0.1, -0.05) is 23.5 Å². The van der Waals surface area contributed by atoms with Gasteiger partial charge in [-0.2, -0.15) is 0 Å². The fraction of sp³-hybridized carbons (Fsp3) is 0.526. The van der Waals surface area contributed by atoms with Crippen LogP contribution < -0.4 is 5.32 Å². The zero-order chi connectivity index (χ0) is 19.4. The van der Waals surface area contributed by atoms with Crippen molar-refractivity contribution in [3.05, 3.63) is 45.7 Å². The standard InChI is InChI=1S/C19H23FN4O3S/c20-15-4-2-14(3-5-15)10-21-17(25)18-23-22-16(28-18)11-24-7-9-27-19(12-24)6-1-8-26-13-19/h2-5H,1,6-13H2,(H,21,25). The number of hydrogen-bond donors (Lipinski definition) is 1. The molecule has 2 aliphatic heterocycles. The van der Waals surface area contributed by atoms with Crippen LogP contribution in [-0.2, 0) is 22.6 Å². The average molecular weight is 406 g/mol. The highest BCUT2D eigenvalue weighted by atomic mass is 32.1. The normalized spacial score (nSPS) is 23.0. The van der Waals surface area contributed by atoms with Gasteiger partial charge in [-0.25, -0.2) is 4.39 Å². The SMILES string of the molecule is O=C(NCc1ccc(F)cc1)c1nnc(CN2CCOC3(CCCOC3)C2)s1. The van der Waals surface area contributed by atoms with E-state index in [2.05, 4.69) is 20.4 Å². The van der Waals surface area contributed by atoms with Crippen LogP contribution in [0.25, 0.3) is 0 Å². The van der Waals surface area contributed by atoms with Crippen molar-refractivity contribution in [3.8, 4) is 0 Å². The molecule has 0 saturated carbocycles. The highest BCUT2D eigenvalue weighted by Gasteiger charge is 2.38. The van der Waals surface area contributed by atoms with Gasteiger partial charge in [-0.15, -0.1) is 10.2 Å². The van der Waals surface area contributed by atoms with Crippen molar-refractivity contribution >= 4 is 17.2 Å². The minimum Gasteiger partial charge on any atom is -0.378 e. The van der Waals surface area contributed by atoms with Crippen LogP contribution >= 0.6 is 11.3 Å². The average Bonchev–Trinajstić information content (AvgIpc) is 3.16. The van der Waals surface area contributed by atoms with Gasteiger partial charge in [0.05, 0.1) is 19.8 Å². The quantitative estimate of drug-likeness (QED) is 0.818. The lowest BCUT2D eigenvalue weighted by molar-refractivity contribution is -0.169. The second kappa shape index (κ2) is 8.60. The summed E-state index contributed by atoms with van der Waals surface area (Å²) in [5.74, 6) is -0.569. The van der Waals surface area contributed by atoms with E-state index in [4.69, 9.17) is 9.47 Å². The van der Waals surface area contributed by atoms with Crippen molar-refractivity contribution in [2.45, 2.75) is 31.5 Å². The van der Waals surface area contributed by atoms with Crippen molar-refractivity contribution < 1.29 is 18.7 Å². The third-order valence-corrected chi connectivity index (χ3v) is 5.91. The van der Waals surface area contributed by atoms with Gasteiger partial charge in [0, 0.05) is 26.2 Å². The Balaban J connectivity index is 1.31. The molecule has 3 heterocycles. The largest absolute Gasteiger partial charge is 0.378 e. The van der Waals surface area contributed by atoms with Gasteiger partial charge in [-0.3, -0.25) is 9.69 Å². The minimum absolute atomic E-state index is 0.212. The first-order chi connectivity index (χ1) is 13.6. The number of carbonyl (C=O) groups excluding carboxylic acids is 1. The number of amides is 1. The molecule has 2 aromatic rings. The first kappa shape index (κ1) is 19.4. The van der Waals surface area contributed by atoms with Gasteiger partial charge < -0.3 is 14.8 Å². The molecule has 0 aliphatic carbocycles. The van der Waals surface area contributed by atoms with E-state index in [9.17, 15) is 9.18 Å². The zero-order valence-corrected chi connectivity index (χ0v) is 16.3. The number of aromatic nitrogens is 2. The molecule has 2 saturated heterocycles. The first-order valence-electron chi connectivity index (χ1n) is 9.41. The summed E-state index contributed by atoms with van der Waals surface area (Å²) in [6, 6.07) is 6.03. The highest BCUT2D eigenvalue weighted by Crippen LogP contribution is 2.28. The van der Waals surface area contributed by atoms with Crippen LogP contribution in [0.15, 0.2) is 24.3 Å². The smallest absolute Gasteiger partial charge is 0.282 e. The minimum atomic E-state index is -0.298. The lowest BCUT2D eigenvalue weighted by Crippen LogP contribution is -2.55. The topological polar surface area (TPSA) is 76.6 Å². The van der Waals surface area contributed by atoms with Crippen molar-refractivity contribution in [1.29, 1.82) is 0 Å². The summed E-state index contributed by atoms with van der Waals surface area (Å²) in [7, 11) is 0. The Morgan fingerprint density at radius 2 is 2.14 bits per heavy atom. The lowest BCUT2D eigenvalue weighted by Gasteiger charge is -2.44. The number of ether oxygens (including phenoxy) is 2. The first-order valence-corrected chi connectivity index (χ1v) is 10.2. The molecule has 0 bridgehead atoms. The number of morpholine rings is 1. The van der Waals surface area contributed by atoms with Gasteiger partial charge in [0.2, 0.25) is 5.01 Å². The molecule has 7 nitrogen and oxygen atoms in total. The van der Waals surface area contributed by atoms with E-state index in [0.29, 0.717) is 31.3 Å². The molecular weight excluding hydrogens is 383 g/mol. The third kappa shape index (κ3) is 4.72. The van der Waals surface area contributed by atoms with Crippen molar-refractivity contribution in [3.63, 3.8) is 0 Å². The molecule has 28 heavy (non-hydrogen) atoms. The van der Waals surface area contributed by atoms with Crippen molar-refractivity contribution in [2.24, 2.45) is 0 Å². The fourth-order valence-electron chi connectivity index (χ4n) is 3.58. The van der Waals surface area contributed by atoms with E-state index in [1.165, 1.54) is 23.5 Å². The Morgan fingerprint density at radius 1 is 1.29 bits per heavy atom. The van der Waals surface area contributed by atoms with Crippen molar-refractivity contribution in [1.82, 2.24) is 20.4 Å². The molecule has 150 valence electrons. The number of nitrogens with zero attached hydrogens (tertiary/aromatic N) is 3. The van der Waals surface area contributed by atoms with Gasteiger partial charge in [0.1, 0.15) is 16.4 Å². The number of benzene rings is 1. The van der Waals surface area contributed by atoms with Crippen LogP contribution in [0.5, 0.6) is 0 Å². The number of carbonyl (C=O) groups is 1. The van der Waals surface area contributed by atoms with E-state index in [1.807, 2.05) is 0 Å². The van der Waals surface area contributed by atoms with Gasteiger partial charge in [0.15, 0.2) is 0 Å². The summed E-state index contributed by atoms with van der Waals surface area (Å²) in [6.45, 7) is 4.71. The second-order valence-corrected chi connectivity index (χ2v) is 8.27. The van der Waals surface area contributed by atoms with Crippen LogP contribution in [0, 0.1) is 5.82 Å². The van der Waals surface area contributed by atoms with Crippen LogP contribution in [-0.4, -0.2) is 59.5 Å². The van der Waals surface area contributed by atoms with Crippen LogP contribution in [0.2, 0.25) is 0 Å². The lowest BCUT2D eigenvalue weighted by atomic mass is 9.94. The maximum Gasteiger partial charge on any atom is 0.282 e. The molecular formula is C19H23FN4O3S. The van der Waals surface area contributed by atoms with Crippen LogP contribution in [0.3, 0.4) is 0 Å². The third-order valence-electron chi connectivity index (χ3n) is 5.00. The fourth-order valence-corrected chi connectivity index (χ4v) is 4.38. The molecule has 1 amide bonds. The number of hydrogen-bond acceptors (Lipinski definition) is 7. The van der Waals surface area contributed by atoms with E-state index in [1.54, 1.807) is 12.1 Å². The van der Waals surface area contributed by atoms with E-state index in [0.717, 1.165) is 43.1 Å². The molecule has 1 spiro atoms. The van der Waals surface area contributed by atoms with Gasteiger partial charge >= 0.3 is 0 Å². The Kier molecular flexibility index (Phi) is 5.96. The Hall–Kier alpha value is -1.94. The summed E-state index contributed by atoms with van der Waals surface area (Å²) in [5, 5.41) is 12.1. The van der Waals surface area contributed by atoms with Gasteiger partial charge in [0.25, 0.3) is 5.91 Å². The molecule has 4 rings (SSSR count). The van der Waals surface area contributed by atoms with Crippen LogP contribution in [0.4, 0.5) is 4.39 Å². The summed E-state index contributed by atoms with van der Waals surface area (Å²) in [5.41, 5.74) is 0.615. The molecule has 2 fully saturated rings. The summed E-state index contributed by atoms with van der Waals surface area (Å²) in [4.78, 5) is 14.6. The van der Waals surface area contributed by atoms with Gasteiger partial charge in [-0.05, 0) is 30.5 Å². The maximum absolute atomic E-state index is 12.9. The molecule has 1 atom stereocenters. The Labute approximate surface area is 166 Å². The maximum atomic E-state index is 12.9. The molecule has 2 aliphatic rings. The second-order valence-electron chi connectivity index (χ2n) is 7.21.